The molecule has 1 aromatic carbocycles. The highest BCUT2D eigenvalue weighted by Gasteiger charge is 2.23. The van der Waals surface area contributed by atoms with E-state index in [1.807, 2.05) is 43.3 Å². The number of carbonyl (C=O) groups is 2. The number of amides is 3. The van der Waals surface area contributed by atoms with Crippen LogP contribution in [0.25, 0.3) is 11.0 Å². The fourth-order valence-corrected chi connectivity index (χ4v) is 3.42. The Labute approximate surface area is 160 Å². The van der Waals surface area contributed by atoms with Gasteiger partial charge in [0.25, 0.3) is 5.91 Å². The Hall–Kier alpha value is -2.57. The van der Waals surface area contributed by atoms with E-state index in [1.54, 1.807) is 4.90 Å². The Bertz CT molecular complexity index is 827. The zero-order chi connectivity index (χ0) is 19.6. The normalized spacial score (nSPS) is 15.5. The number of nitrogens with one attached hydrogen (secondary N) is 1. The molecule has 0 atom stereocenters. The molecule has 1 saturated heterocycles. The summed E-state index contributed by atoms with van der Waals surface area (Å²) >= 11 is 0. The van der Waals surface area contributed by atoms with E-state index < -0.39 is 0 Å². The summed E-state index contributed by atoms with van der Waals surface area (Å²) in [6.45, 7) is 10.5. The molecular formula is C20H29N5O2. The Kier molecular flexibility index (Phi) is 5.68. The number of aromatic nitrogens is 2. The van der Waals surface area contributed by atoms with Gasteiger partial charge in [-0.1, -0.05) is 0 Å². The van der Waals surface area contributed by atoms with Gasteiger partial charge in [-0.05, 0) is 52.3 Å². The number of hydrogen-bond acceptors (Lipinski definition) is 3. The van der Waals surface area contributed by atoms with Gasteiger partial charge in [0.05, 0.1) is 17.4 Å². The van der Waals surface area contributed by atoms with Gasteiger partial charge in [-0.15, -0.1) is 0 Å². The minimum absolute atomic E-state index is 0.00196. The molecule has 2 aromatic rings. The highest BCUT2D eigenvalue weighted by atomic mass is 16.2. The second kappa shape index (κ2) is 7.98. The van der Waals surface area contributed by atoms with Gasteiger partial charge < -0.3 is 19.7 Å². The van der Waals surface area contributed by atoms with Crippen molar-refractivity contribution >= 4 is 23.0 Å². The average molecular weight is 371 g/mol. The number of benzene rings is 1. The fourth-order valence-electron chi connectivity index (χ4n) is 3.42. The van der Waals surface area contributed by atoms with Crippen LogP contribution in [0.2, 0.25) is 0 Å². The minimum Gasteiger partial charge on any atom is -0.337 e. The first kappa shape index (κ1) is 19.2. The molecule has 3 amide bonds. The van der Waals surface area contributed by atoms with Crippen LogP contribution in [-0.2, 0) is 0 Å². The van der Waals surface area contributed by atoms with Crippen LogP contribution in [0.4, 0.5) is 4.79 Å². The molecule has 0 spiro atoms. The van der Waals surface area contributed by atoms with Crippen LogP contribution in [0.1, 0.15) is 50.5 Å². The van der Waals surface area contributed by atoms with Gasteiger partial charge in [-0.2, -0.15) is 0 Å². The van der Waals surface area contributed by atoms with E-state index in [0.717, 1.165) is 17.5 Å². The second-order valence-corrected chi connectivity index (χ2v) is 7.69. The highest BCUT2D eigenvalue weighted by molar-refractivity contribution is 5.97. The molecule has 7 nitrogen and oxygen atoms in total. The van der Waals surface area contributed by atoms with Crippen LogP contribution in [0.3, 0.4) is 0 Å². The number of nitrogens with zero attached hydrogens (tertiary/aromatic N) is 4. The third kappa shape index (κ3) is 4.23. The van der Waals surface area contributed by atoms with Crippen LogP contribution in [-0.4, -0.2) is 63.5 Å². The molecule has 146 valence electrons. The van der Waals surface area contributed by atoms with Crippen molar-refractivity contribution in [3.8, 4) is 0 Å². The third-order valence-corrected chi connectivity index (χ3v) is 4.86. The van der Waals surface area contributed by atoms with Crippen LogP contribution in [0, 0.1) is 0 Å². The molecule has 3 rings (SSSR count). The van der Waals surface area contributed by atoms with Crippen molar-refractivity contribution in [2.75, 3.05) is 26.2 Å². The maximum atomic E-state index is 13.0. The Morgan fingerprint density at radius 2 is 1.74 bits per heavy atom. The lowest BCUT2D eigenvalue weighted by atomic mass is 10.1. The summed E-state index contributed by atoms with van der Waals surface area (Å²) in [5.41, 5.74) is 2.52. The summed E-state index contributed by atoms with van der Waals surface area (Å²) in [5, 5.41) is 2.92. The van der Waals surface area contributed by atoms with E-state index in [0.29, 0.717) is 37.8 Å². The lowest BCUT2D eigenvalue weighted by Crippen LogP contribution is -2.44. The fraction of sp³-hybridized carbons (Fsp3) is 0.550. The van der Waals surface area contributed by atoms with Crippen LogP contribution in [0.15, 0.2) is 24.5 Å². The topological polar surface area (TPSA) is 70.5 Å². The molecule has 1 aliphatic heterocycles. The van der Waals surface area contributed by atoms with Crippen LogP contribution < -0.4 is 5.32 Å². The van der Waals surface area contributed by atoms with E-state index in [9.17, 15) is 9.59 Å². The predicted octanol–water partition coefficient (Wildman–Crippen LogP) is 2.88. The van der Waals surface area contributed by atoms with Crippen molar-refractivity contribution in [2.24, 2.45) is 0 Å². The molecule has 0 aliphatic carbocycles. The molecular weight excluding hydrogens is 342 g/mol. The third-order valence-electron chi connectivity index (χ3n) is 4.86. The number of carbonyl (C=O) groups excluding carboxylic acids is 2. The Balaban J connectivity index is 1.70. The summed E-state index contributed by atoms with van der Waals surface area (Å²) in [7, 11) is 0. The number of hydrogen-bond donors (Lipinski definition) is 1. The largest absolute Gasteiger partial charge is 0.337 e. The summed E-state index contributed by atoms with van der Waals surface area (Å²) in [5.74, 6) is 0.00196. The molecule has 0 radical (unpaired) electrons. The standard InChI is InChI=1S/C20H29N5O2/c1-14(2)22-20(27)24-9-5-8-23(10-11-24)19(26)16-6-7-18-17(12-16)21-13-25(18)15(3)4/h6-7,12-15H,5,8-11H2,1-4H3,(H,22,27). The van der Waals surface area contributed by atoms with Crippen molar-refractivity contribution in [1.82, 2.24) is 24.7 Å². The molecule has 1 fully saturated rings. The van der Waals surface area contributed by atoms with Crippen molar-refractivity contribution in [1.29, 1.82) is 0 Å². The first-order valence-corrected chi connectivity index (χ1v) is 9.68. The van der Waals surface area contributed by atoms with Gasteiger partial charge in [0.15, 0.2) is 0 Å². The molecule has 0 bridgehead atoms. The summed E-state index contributed by atoms with van der Waals surface area (Å²) in [4.78, 5) is 33.2. The Morgan fingerprint density at radius 1 is 1.04 bits per heavy atom. The Morgan fingerprint density at radius 3 is 2.44 bits per heavy atom. The number of urea groups is 1. The highest BCUT2D eigenvalue weighted by Crippen LogP contribution is 2.20. The quantitative estimate of drug-likeness (QED) is 0.902. The lowest BCUT2D eigenvalue weighted by molar-refractivity contribution is 0.0762. The average Bonchev–Trinajstić information content (AvgIpc) is 2.88. The first-order chi connectivity index (χ1) is 12.9. The molecule has 1 N–H and O–H groups in total. The van der Waals surface area contributed by atoms with Gasteiger partial charge in [-0.3, -0.25) is 4.79 Å². The summed E-state index contributed by atoms with van der Waals surface area (Å²) in [6, 6.07) is 6.08. The van der Waals surface area contributed by atoms with E-state index >= 15 is 0 Å². The number of imidazole rings is 1. The van der Waals surface area contributed by atoms with Gasteiger partial charge >= 0.3 is 6.03 Å². The van der Waals surface area contributed by atoms with Gasteiger partial charge in [0.2, 0.25) is 0 Å². The molecule has 0 saturated carbocycles. The van der Waals surface area contributed by atoms with E-state index in [1.165, 1.54) is 0 Å². The minimum atomic E-state index is -0.0556. The van der Waals surface area contributed by atoms with Crippen molar-refractivity contribution in [3.05, 3.63) is 30.1 Å². The van der Waals surface area contributed by atoms with Gasteiger partial charge in [-0.25, -0.2) is 9.78 Å². The molecule has 1 aliphatic rings. The number of rotatable bonds is 3. The van der Waals surface area contributed by atoms with Crippen LogP contribution >= 0.6 is 0 Å². The molecule has 7 heteroatoms. The van der Waals surface area contributed by atoms with E-state index in [2.05, 4.69) is 28.7 Å². The molecule has 1 aromatic heterocycles. The first-order valence-electron chi connectivity index (χ1n) is 9.68. The van der Waals surface area contributed by atoms with Gasteiger partial charge in [0.1, 0.15) is 0 Å². The van der Waals surface area contributed by atoms with E-state index in [4.69, 9.17) is 0 Å². The number of fused-ring (bicyclic) bond motifs is 1. The maximum absolute atomic E-state index is 13.0. The zero-order valence-corrected chi connectivity index (χ0v) is 16.6. The SMILES string of the molecule is CC(C)NC(=O)N1CCCN(C(=O)c2ccc3c(c2)ncn3C(C)C)CC1. The van der Waals surface area contributed by atoms with E-state index in [-0.39, 0.29) is 18.0 Å². The molecule has 27 heavy (non-hydrogen) atoms. The summed E-state index contributed by atoms with van der Waals surface area (Å²) in [6.07, 6.45) is 2.60. The zero-order valence-electron chi connectivity index (χ0n) is 16.6. The van der Waals surface area contributed by atoms with Crippen LogP contribution in [0.5, 0.6) is 0 Å². The lowest BCUT2D eigenvalue weighted by Gasteiger charge is -2.23. The van der Waals surface area contributed by atoms with Gasteiger partial charge in [0, 0.05) is 43.8 Å². The maximum Gasteiger partial charge on any atom is 0.317 e. The second-order valence-electron chi connectivity index (χ2n) is 7.69. The monoisotopic (exact) mass is 371 g/mol. The smallest absolute Gasteiger partial charge is 0.317 e. The van der Waals surface area contributed by atoms with Crippen molar-refractivity contribution in [3.63, 3.8) is 0 Å². The molecule has 0 unspecified atom stereocenters. The van der Waals surface area contributed by atoms with Crippen molar-refractivity contribution < 1.29 is 9.59 Å². The summed E-state index contributed by atoms with van der Waals surface area (Å²) < 4.78 is 2.10. The van der Waals surface area contributed by atoms with Crippen molar-refractivity contribution in [2.45, 2.75) is 46.2 Å². The molecule has 2 heterocycles. The predicted molar refractivity (Wildman–Crippen MR) is 106 cm³/mol.